The van der Waals surface area contributed by atoms with Crippen LogP contribution in [0.1, 0.15) is 5.56 Å². The Kier molecular flexibility index (Phi) is 2.83. The third-order valence-corrected chi connectivity index (χ3v) is 3.33. The standard InChI is InChI=1S/C9H6ClIN2O2/c1-5-6(10)3-2-4-7(5)13-8(11)9(14)15-12-13/h2-4H,1H3. The molecule has 0 N–H and O–H groups in total. The monoisotopic (exact) mass is 336 g/mol. The Morgan fingerprint density at radius 1 is 1.53 bits per heavy atom. The fourth-order valence-electron chi connectivity index (χ4n) is 1.21. The van der Waals surface area contributed by atoms with Gasteiger partial charge in [-0.05, 0) is 17.7 Å². The highest BCUT2D eigenvalue weighted by Gasteiger charge is 2.20. The first-order valence-corrected chi connectivity index (χ1v) is 5.57. The summed E-state index contributed by atoms with van der Waals surface area (Å²) < 4.78 is 6.39. The lowest BCUT2D eigenvalue weighted by molar-refractivity contribution is -0.682. The van der Waals surface area contributed by atoms with E-state index in [2.05, 4.69) is 9.79 Å². The van der Waals surface area contributed by atoms with Crippen LogP contribution in [0.25, 0.3) is 5.69 Å². The highest BCUT2D eigenvalue weighted by molar-refractivity contribution is 14.1. The first kappa shape index (κ1) is 10.7. The zero-order chi connectivity index (χ0) is 11.0. The molecular formula is C9H6ClIN2O2. The second kappa shape index (κ2) is 3.97. The Morgan fingerprint density at radius 3 is 2.87 bits per heavy atom. The molecule has 0 saturated carbocycles. The van der Waals surface area contributed by atoms with Gasteiger partial charge < -0.3 is 9.63 Å². The smallest absolute Gasteiger partial charge is 0.298 e. The summed E-state index contributed by atoms with van der Waals surface area (Å²) in [5.74, 6) is -0.449. The molecule has 4 nitrogen and oxygen atoms in total. The molecule has 0 radical (unpaired) electrons. The van der Waals surface area contributed by atoms with Crippen molar-refractivity contribution in [3.8, 4) is 11.6 Å². The number of rotatable bonds is 1. The lowest BCUT2D eigenvalue weighted by Gasteiger charge is -1.98. The van der Waals surface area contributed by atoms with Crippen molar-refractivity contribution in [1.82, 2.24) is 5.27 Å². The zero-order valence-electron chi connectivity index (χ0n) is 7.70. The van der Waals surface area contributed by atoms with Gasteiger partial charge >= 0.3 is 0 Å². The molecule has 1 aromatic heterocycles. The summed E-state index contributed by atoms with van der Waals surface area (Å²) >= 11 is 7.85. The molecule has 15 heavy (non-hydrogen) atoms. The van der Waals surface area contributed by atoms with Crippen LogP contribution in [-0.4, -0.2) is 5.27 Å². The van der Waals surface area contributed by atoms with E-state index < -0.39 is 5.95 Å². The quantitative estimate of drug-likeness (QED) is 0.587. The van der Waals surface area contributed by atoms with Gasteiger partial charge in [0.05, 0.1) is 10.3 Å². The Balaban J connectivity index is 2.64. The van der Waals surface area contributed by atoms with E-state index >= 15 is 0 Å². The first-order chi connectivity index (χ1) is 7.11. The molecule has 1 aromatic carbocycles. The van der Waals surface area contributed by atoms with Gasteiger partial charge in [-0.1, -0.05) is 17.7 Å². The van der Waals surface area contributed by atoms with Crippen molar-refractivity contribution in [1.29, 1.82) is 0 Å². The Morgan fingerprint density at radius 2 is 2.27 bits per heavy atom. The summed E-state index contributed by atoms with van der Waals surface area (Å²) in [4.78, 5) is 0. The third-order valence-electron chi connectivity index (χ3n) is 2.03. The van der Waals surface area contributed by atoms with Crippen molar-refractivity contribution in [2.45, 2.75) is 6.92 Å². The van der Waals surface area contributed by atoms with Gasteiger partial charge in [-0.2, -0.15) is 0 Å². The Bertz CT molecular complexity index is 513. The van der Waals surface area contributed by atoms with E-state index in [-0.39, 0.29) is 0 Å². The number of nitrogens with zero attached hydrogens (tertiary/aromatic N) is 2. The lowest BCUT2D eigenvalue weighted by Crippen LogP contribution is -2.36. The fraction of sp³-hybridized carbons (Fsp3) is 0.111. The fourth-order valence-corrected chi connectivity index (χ4v) is 1.83. The minimum atomic E-state index is -0.449. The maximum absolute atomic E-state index is 11.1. The summed E-state index contributed by atoms with van der Waals surface area (Å²) in [5.41, 5.74) is 1.60. The van der Waals surface area contributed by atoms with Gasteiger partial charge in [-0.25, -0.2) is 0 Å². The minimum absolute atomic E-state index is 0.401. The zero-order valence-corrected chi connectivity index (χ0v) is 10.6. The summed E-state index contributed by atoms with van der Waals surface area (Å²) in [5, 5.41) is 15.4. The van der Waals surface area contributed by atoms with Gasteiger partial charge in [-0.15, -0.1) is 0 Å². The molecule has 2 rings (SSSR count). The molecule has 0 atom stereocenters. The van der Waals surface area contributed by atoms with Crippen LogP contribution in [0.4, 0.5) is 0 Å². The van der Waals surface area contributed by atoms with Gasteiger partial charge in [-0.3, -0.25) is 0 Å². The van der Waals surface area contributed by atoms with Crippen molar-refractivity contribution in [2.75, 3.05) is 0 Å². The predicted octanol–water partition coefficient (Wildman–Crippen LogP) is 1.59. The summed E-state index contributed by atoms with van der Waals surface area (Å²) in [6.07, 6.45) is 0. The molecule has 0 saturated heterocycles. The summed E-state index contributed by atoms with van der Waals surface area (Å²) in [6, 6.07) is 5.41. The third kappa shape index (κ3) is 1.81. The normalized spacial score (nSPS) is 10.6. The molecule has 0 aliphatic carbocycles. The van der Waals surface area contributed by atoms with Crippen LogP contribution in [-0.2, 0) is 0 Å². The topological polar surface area (TPSA) is 53.0 Å². The molecule has 0 fully saturated rings. The molecule has 78 valence electrons. The van der Waals surface area contributed by atoms with Crippen LogP contribution < -0.4 is 9.79 Å². The van der Waals surface area contributed by atoms with Crippen molar-refractivity contribution in [2.24, 2.45) is 0 Å². The van der Waals surface area contributed by atoms with Gasteiger partial charge in [0.15, 0.2) is 5.95 Å². The van der Waals surface area contributed by atoms with Crippen LogP contribution >= 0.6 is 34.2 Å². The number of halogens is 2. The van der Waals surface area contributed by atoms with Crippen molar-refractivity contribution in [3.05, 3.63) is 32.5 Å². The average Bonchev–Trinajstić information content (AvgIpc) is 2.53. The molecule has 0 aliphatic rings. The Hall–Kier alpha value is -0.820. The molecule has 0 bridgehead atoms. The summed E-state index contributed by atoms with van der Waals surface area (Å²) in [7, 11) is 0. The van der Waals surface area contributed by atoms with E-state index in [9.17, 15) is 5.11 Å². The van der Waals surface area contributed by atoms with E-state index in [4.69, 9.17) is 11.6 Å². The van der Waals surface area contributed by atoms with Crippen LogP contribution in [0.5, 0.6) is 5.95 Å². The van der Waals surface area contributed by atoms with Crippen molar-refractivity contribution in [3.63, 3.8) is 0 Å². The van der Waals surface area contributed by atoms with E-state index in [0.29, 0.717) is 8.72 Å². The molecule has 0 unspecified atom stereocenters. The van der Waals surface area contributed by atoms with E-state index in [0.717, 1.165) is 11.3 Å². The molecule has 6 heteroatoms. The van der Waals surface area contributed by atoms with Crippen LogP contribution in [0.3, 0.4) is 0 Å². The number of hydrogen-bond donors (Lipinski definition) is 0. The predicted molar refractivity (Wildman–Crippen MR) is 59.9 cm³/mol. The second-order valence-electron chi connectivity index (χ2n) is 2.95. The van der Waals surface area contributed by atoms with E-state index in [1.54, 1.807) is 12.1 Å². The lowest BCUT2D eigenvalue weighted by atomic mass is 10.2. The van der Waals surface area contributed by atoms with E-state index in [1.165, 1.54) is 4.68 Å². The molecule has 0 aliphatic heterocycles. The number of hydrogen-bond acceptors (Lipinski definition) is 3. The van der Waals surface area contributed by atoms with Crippen LogP contribution in [0.2, 0.25) is 5.02 Å². The molecule has 2 aromatic rings. The summed E-state index contributed by atoms with van der Waals surface area (Å²) in [6.45, 7) is 1.86. The minimum Gasteiger partial charge on any atom is -0.538 e. The Labute approximate surface area is 105 Å². The highest BCUT2D eigenvalue weighted by atomic mass is 127. The van der Waals surface area contributed by atoms with Gasteiger partial charge in [0.1, 0.15) is 0 Å². The number of aromatic nitrogens is 2. The largest absolute Gasteiger partial charge is 0.538 e. The maximum Gasteiger partial charge on any atom is 0.298 e. The molecule has 1 heterocycles. The van der Waals surface area contributed by atoms with Crippen LogP contribution in [0.15, 0.2) is 22.7 Å². The van der Waals surface area contributed by atoms with Crippen molar-refractivity contribution < 1.29 is 14.3 Å². The van der Waals surface area contributed by atoms with Gasteiger partial charge in [0, 0.05) is 34.2 Å². The van der Waals surface area contributed by atoms with Gasteiger partial charge in [0.2, 0.25) is 5.69 Å². The average molecular weight is 337 g/mol. The number of benzene rings is 1. The molecule has 0 amide bonds. The molecule has 0 spiro atoms. The highest BCUT2D eigenvalue weighted by Crippen LogP contribution is 2.20. The van der Waals surface area contributed by atoms with Gasteiger partial charge in [0.25, 0.3) is 3.70 Å². The van der Waals surface area contributed by atoms with Crippen LogP contribution in [0, 0.1) is 10.6 Å². The van der Waals surface area contributed by atoms with Crippen molar-refractivity contribution >= 4 is 34.2 Å². The second-order valence-corrected chi connectivity index (χ2v) is 4.38. The SMILES string of the molecule is Cc1c(Cl)cccc1-[n+]1noc([O-])c1I. The maximum atomic E-state index is 11.1. The first-order valence-electron chi connectivity index (χ1n) is 4.11. The molecular weight excluding hydrogens is 330 g/mol. The van der Waals surface area contributed by atoms with E-state index in [1.807, 2.05) is 35.6 Å².